The summed E-state index contributed by atoms with van der Waals surface area (Å²) in [5.41, 5.74) is 6.51. The van der Waals surface area contributed by atoms with Crippen molar-refractivity contribution < 1.29 is 5.11 Å². The predicted molar refractivity (Wildman–Crippen MR) is 80.3 cm³/mol. The van der Waals surface area contributed by atoms with Crippen molar-refractivity contribution in [2.24, 2.45) is 0 Å². The molecule has 0 unspecified atom stereocenters. The van der Waals surface area contributed by atoms with Crippen LogP contribution < -0.4 is 11.1 Å². The van der Waals surface area contributed by atoms with Gasteiger partial charge in [0.2, 0.25) is 5.95 Å². The summed E-state index contributed by atoms with van der Waals surface area (Å²) in [6.45, 7) is 5.59. The molecule has 0 spiro atoms. The van der Waals surface area contributed by atoms with Gasteiger partial charge in [-0.3, -0.25) is 4.98 Å². The number of nitrogen functional groups attached to an aromatic ring is 1. The number of fused-ring (bicyclic) bond motifs is 1. The number of aromatic nitrogens is 3. The second-order valence-electron chi connectivity index (χ2n) is 4.97. The Morgan fingerprint density at radius 1 is 1.50 bits per heavy atom. The van der Waals surface area contributed by atoms with Crippen LogP contribution in [0.25, 0.3) is 11.0 Å². The number of hydrogen-bond acceptors (Lipinski definition) is 6. The first-order valence-corrected chi connectivity index (χ1v) is 6.46. The average Bonchev–Trinajstić information content (AvgIpc) is 2.45. The SMILES string of the molecule is C=CCC[C@@](C)(CO)Nc1nc(N)nc2cccnc12. The minimum Gasteiger partial charge on any atom is -0.394 e. The second-order valence-corrected chi connectivity index (χ2v) is 4.97. The predicted octanol–water partition coefficient (Wildman–Crippen LogP) is 1.74. The van der Waals surface area contributed by atoms with E-state index in [0.29, 0.717) is 16.9 Å². The Kier molecular flexibility index (Phi) is 4.14. The number of aliphatic hydroxyl groups excluding tert-OH is 1. The van der Waals surface area contributed by atoms with Gasteiger partial charge in [-0.2, -0.15) is 4.98 Å². The van der Waals surface area contributed by atoms with Gasteiger partial charge in [-0.05, 0) is 31.9 Å². The molecule has 4 N–H and O–H groups in total. The maximum atomic E-state index is 9.62. The number of hydrogen-bond donors (Lipinski definition) is 3. The maximum absolute atomic E-state index is 9.62. The highest BCUT2D eigenvalue weighted by atomic mass is 16.3. The largest absolute Gasteiger partial charge is 0.394 e. The van der Waals surface area contributed by atoms with Crippen LogP contribution in [0.1, 0.15) is 19.8 Å². The molecule has 6 heteroatoms. The van der Waals surface area contributed by atoms with E-state index >= 15 is 0 Å². The third-order valence-corrected chi connectivity index (χ3v) is 3.14. The average molecular weight is 273 g/mol. The molecule has 2 heterocycles. The van der Waals surface area contributed by atoms with Crippen molar-refractivity contribution in [3.63, 3.8) is 0 Å². The molecular weight excluding hydrogens is 254 g/mol. The lowest BCUT2D eigenvalue weighted by atomic mass is 9.96. The van der Waals surface area contributed by atoms with Crippen molar-refractivity contribution in [3.8, 4) is 0 Å². The summed E-state index contributed by atoms with van der Waals surface area (Å²) in [5, 5.41) is 12.9. The van der Waals surface area contributed by atoms with Gasteiger partial charge in [-0.15, -0.1) is 6.58 Å². The molecular formula is C14H19N5O. The van der Waals surface area contributed by atoms with E-state index in [1.165, 1.54) is 0 Å². The van der Waals surface area contributed by atoms with Crippen LogP contribution in [-0.4, -0.2) is 32.2 Å². The molecule has 0 aliphatic carbocycles. The van der Waals surface area contributed by atoms with E-state index in [2.05, 4.69) is 26.8 Å². The first kappa shape index (κ1) is 14.2. The van der Waals surface area contributed by atoms with Gasteiger partial charge in [-0.1, -0.05) is 6.08 Å². The van der Waals surface area contributed by atoms with Crippen molar-refractivity contribution in [1.82, 2.24) is 15.0 Å². The van der Waals surface area contributed by atoms with E-state index in [1.54, 1.807) is 12.3 Å². The number of anilines is 2. The number of rotatable bonds is 6. The molecule has 0 fully saturated rings. The highest BCUT2D eigenvalue weighted by Gasteiger charge is 2.24. The van der Waals surface area contributed by atoms with Gasteiger partial charge in [0, 0.05) is 6.20 Å². The third kappa shape index (κ3) is 3.03. The summed E-state index contributed by atoms with van der Waals surface area (Å²) in [5.74, 6) is 0.714. The first-order valence-electron chi connectivity index (χ1n) is 6.46. The molecule has 0 aliphatic heterocycles. The van der Waals surface area contributed by atoms with Crippen LogP contribution >= 0.6 is 0 Å². The molecule has 2 rings (SSSR count). The smallest absolute Gasteiger partial charge is 0.222 e. The van der Waals surface area contributed by atoms with E-state index in [1.807, 2.05) is 19.1 Å². The van der Waals surface area contributed by atoms with E-state index in [9.17, 15) is 5.11 Å². The van der Waals surface area contributed by atoms with Crippen LogP contribution in [0.2, 0.25) is 0 Å². The van der Waals surface area contributed by atoms with Crippen LogP contribution in [0.15, 0.2) is 31.0 Å². The zero-order valence-corrected chi connectivity index (χ0v) is 11.5. The van der Waals surface area contributed by atoms with E-state index in [4.69, 9.17) is 5.73 Å². The molecule has 1 atom stereocenters. The standard InChI is InChI=1S/C14H19N5O/c1-3-4-7-14(2,9-20)19-12-11-10(6-5-8-16-11)17-13(15)18-12/h3,5-6,8,20H,1,4,7,9H2,2H3,(H3,15,17,18,19)/t14-/m0/s1. The Hall–Kier alpha value is -2.21. The van der Waals surface area contributed by atoms with Gasteiger partial charge < -0.3 is 16.2 Å². The zero-order valence-electron chi connectivity index (χ0n) is 11.5. The Balaban J connectivity index is 2.39. The van der Waals surface area contributed by atoms with Crippen molar-refractivity contribution in [2.45, 2.75) is 25.3 Å². The molecule has 0 bridgehead atoms. The molecule has 0 saturated carbocycles. The fourth-order valence-electron chi connectivity index (χ4n) is 1.96. The van der Waals surface area contributed by atoms with Crippen molar-refractivity contribution in [2.75, 3.05) is 17.7 Å². The molecule has 0 saturated heterocycles. The van der Waals surface area contributed by atoms with Gasteiger partial charge in [0.25, 0.3) is 0 Å². The van der Waals surface area contributed by atoms with E-state index < -0.39 is 5.54 Å². The van der Waals surface area contributed by atoms with Gasteiger partial charge in [0.15, 0.2) is 5.82 Å². The molecule has 2 aromatic rings. The number of nitrogens with two attached hydrogens (primary N) is 1. The Morgan fingerprint density at radius 3 is 3.00 bits per heavy atom. The summed E-state index contributed by atoms with van der Waals surface area (Å²) in [6, 6.07) is 3.62. The van der Waals surface area contributed by atoms with Gasteiger partial charge in [-0.25, -0.2) is 4.98 Å². The third-order valence-electron chi connectivity index (χ3n) is 3.14. The van der Waals surface area contributed by atoms with E-state index in [-0.39, 0.29) is 12.6 Å². The number of nitrogens with one attached hydrogen (secondary N) is 1. The van der Waals surface area contributed by atoms with Gasteiger partial charge in [0.05, 0.1) is 17.7 Å². The lowest BCUT2D eigenvalue weighted by molar-refractivity contribution is 0.215. The molecule has 106 valence electrons. The Labute approximate surface area is 117 Å². The van der Waals surface area contributed by atoms with Crippen molar-refractivity contribution in [1.29, 1.82) is 0 Å². The highest BCUT2D eigenvalue weighted by Crippen LogP contribution is 2.24. The normalized spacial score (nSPS) is 13.9. The Bertz CT molecular complexity index is 616. The number of pyridine rings is 1. The first-order chi connectivity index (χ1) is 9.58. The second kappa shape index (κ2) is 5.83. The summed E-state index contributed by atoms with van der Waals surface area (Å²) in [4.78, 5) is 12.6. The number of aliphatic hydroxyl groups is 1. The molecule has 6 nitrogen and oxygen atoms in total. The van der Waals surface area contributed by atoms with Gasteiger partial charge in [0.1, 0.15) is 5.52 Å². The molecule has 0 amide bonds. The monoisotopic (exact) mass is 273 g/mol. The summed E-state index contributed by atoms with van der Waals surface area (Å²) >= 11 is 0. The summed E-state index contributed by atoms with van der Waals surface area (Å²) < 4.78 is 0. The molecule has 0 aliphatic rings. The number of allylic oxidation sites excluding steroid dienone is 1. The minimum absolute atomic E-state index is 0.0287. The lowest BCUT2D eigenvalue weighted by Crippen LogP contribution is -2.39. The highest BCUT2D eigenvalue weighted by molar-refractivity contribution is 5.86. The quantitative estimate of drug-likeness (QED) is 0.694. The number of nitrogens with zero attached hydrogens (tertiary/aromatic N) is 3. The van der Waals surface area contributed by atoms with Crippen molar-refractivity contribution >= 4 is 22.8 Å². The summed E-state index contributed by atoms with van der Waals surface area (Å²) in [6.07, 6.45) is 5.01. The van der Waals surface area contributed by atoms with Crippen LogP contribution in [-0.2, 0) is 0 Å². The topological polar surface area (TPSA) is 97.0 Å². The van der Waals surface area contributed by atoms with Crippen LogP contribution in [0.5, 0.6) is 0 Å². The fraction of sp³-hybridized carbons (Fsp3) is 0.357. The molecule has 2 aromatic heterocycles. The minimum atomic E-state index is -0.514. The Morgan fingerprint density at radius 2 is 2.30 bits per heavy atom. The van der Waals surface area contributed by atoms with Crippen LogP contribution in [0, 0.1) is 0 Å². The van der Waals surface area contributed by atoms with Crippen LogP contribution in [0.4, 0.5) is 11.8 Å². The van der Waals surface area contributed by atoms with Gasteiger partial charge >= 0.3 is 0 Å². The lowest BCUT2D eigenvalue weighted by Gasteiger charge is -2.29. The zero-order chi connectivity index (χ0) is 14.6. The molecule has 20 heavy (non-hydrogen) atoms. The molecule has 0 aromatic carbocycles. The molecule has 0 radical (unpaired) electrons. The summed E-state index contributed by atoms with van der Waals surface area (Å²) in [7, 11) is 0. The van der Waals surface area contributed by atoms with E-state index in [0.717, 1.165) is 12.8 Å². The van der Waals surface area contributed by atoms with Crippen LogP contribution in [0.3, 0.4) is 0 Å². The fourth-order valence-corrected chi connectivity index (χ4v) is 1.96. The van der Waals surface area contributed by atoms with Crippen molar-refractivity contribution in [3.05, 3.63) is 31.0 Å². The maximum Gasteiger partial charge on any atom is 0.222 e.